The van der Waals surface area contributed by atoms with Gasteiger partial charge in [0.2, 0.25) is 0 Å². The smallest absolute Gasteiger partial charge is 0.168 e. The number of alkyl halides is 1. The van der Waals surface area contributed by atoms with E-state index < -0.39 is 0 Å². The summed E-state index contributed by atoms with van der Waals surface area (Å²) in [5, 5.41) is 0.817. The molecule has 1 saturated heterocycles. The third-order valence-electron chi connectivity index (χ3n) is 3.90. The van der Waals surface area contributed by atoms with Crippen LogP contribution in [0.3, 0.4) is 0 Å². The van der Waals surface area contributed by atoms with E-state index in [9.17, 15) is 4.39 Å². The first-order chi connectivity index (χ1) is 8.63. The monoisotopic (exact) mass is 316 g/mol. The largest absolute Gasteiger partial charge is 0.494 e. The van der Waals surface area contributed by atoms with Gasteiger partial charge in [0.25, 0.3) is 0 Å². The van der Waals surface area contributed by atoms with E-state index in [1.54, 1.807) is 6.07 Å². The zero-order valence-corrected chi connectivity index (χ0v) is 12.3. The highest BCUT2D eigenvalue weighted by Crippen LogP contribution is 2.40. The average Bonchev–Trinajstić information content (AvgIpc) is 2.74. The van der Waals surface area contributed by atoms with Gasteiger partial charge in [-0.25, -0.2) is 4.39 Å². The maximum absolute atomic E-state index is 14.2. The Hall–Kier alpha value is -0.610. The molecule has 2 rings (SSSR count). The van der Waals surface area contributed by atoms with Crippen LogP contribution in [0.5, 0.6) is 5.75 Å². The Bertz CT molecular complexity index is 424. The maximum atomic E-state index is 14.2. The predicted octanol–water partition coefficient (Wildman–Crippen LogP) is 3.57. The van der Waals surface area contributed by atoms with Crippen LogP contribution in [-0.4, -0.2) is 25.2 Å². The first-order valence-corrected chi connectivity index (χ1v) is 7.24. The molecule has 0 bridgehead atoms. The molecule has 2 unspecified atom stereocenters. The molecule has 1 aliphatic heterocycles. The molecule has 1 fully saturated rings. The summed E-state index contributed by atoms with van der Waals surface area (Å²) in [7, 11) is 1.49. The van der Waals surface area contributed by atoms with Crippen LogP contribution in [0.4, 0.5) is 4.39 Å². The Morgan fingerprint density at radius 1 is 1.56 bits per heavy atom. The fourth-order valence-corrected chi connectivity index (χ4v) is 3.44. The molecule has 1 aromatic carbocycles. The Morgan fingerprint density at radius 2 is 2.33 bits per heavy atom. The Kier molecular flexibility index (Phi) is 4.28. The van der Waals surface area contributed by atoms with Crippen molar-refractivity contribution in [2.75, 3.05) is 19.0 Å². The molecule has 2 atom stereocenters. The van der Waals surface area contributed by atoms with Crippen LogP contribution in [0.2, 0.25) is 0 Å². The van der Waals surface area contributed by atoms with Gasteiger partial charge in [0, 0.05) is 17.4 Å². The lowest BCUT2D eigenvalue weighted by Gasteiger charge is -2.30. The molecule has 0 N–H and O–H groups in total. The van der Waals surface area contributed by atoms with Gasteiger partial charge in [-0.3, -0.25) is 0 Å². The Morgan fingerprint density at radius 3 is 2.89 bits per heavy atom. The minimum Gasteiger partial charge on any atom is -0.494 e. The summed E-state index contributed by atoms with van der Waals surface area (Å²) in [6.45, 7) is 2.81. The number of hydrogen-bond donors (Lipinski definition) is 0. The molecule has 0 saturated carbocycles. The van der Waals surface area contributed by atoms with E-state index >= 15 is 0 Å². The van der Waals surface area contributed by atoms with Gasteiger partial charge >= 0.3 is 0 Å². The molecule has 4 heteroatoms. The first kappa shape index (κ1) is 13.8. The average molecular weight is 317 g/mol. The van der Waals surface area contributed by atoms with Gasteiger partial charge in [0.1, 0.15) is 0 Å². The summed E-state index contributed by atoms with van der Waals surface area (Å²) in [6, 6.07) is 5.31. The molecule has 1 aliphatic rings. The number of benzene rings is 1. The minimum atomic E-state index is -0.251. The van der Waals surface area contributed by atoms with Crippen molar-refractivity contribution in [3.63, 3.8) is 0 Å². The molecule has 1 aromatic rings. The SMILES string of the molecule is COc1cccc(CC2(CBr)CCOC2C)c1F. The van der Waals surface area contributed by atoms with Crippen molar-refractivity contribution in [2.45, 2.75) is 25.9 Å². The number of methoxy groups -OCH3 is 1. The summed E-state index contributed by atoms with van der Waals surface area (Å²) in [5.41, 5.74) is 0.680. The van der Waals surface area contributed by atoms with Crippen LogP contribution in [-0.2, 0) is 11.2 Å². The zero-order chi connectivity index (χ0) is 13.2. The van der Waals surface area contributed by atoms with Crippen LogP contribution < -0.4 is 4.74 Å². The highest BCUT2D eigenvalue weighted by Gasteiger charge is 2.41. The van der Waals surface area contributed by atoms with Gasteiger partial charge in [-0.15, -0.1) is 0 Å². The van der Waals surface area contributed by atoms with E-state index in [0.717, 1.165) is 18.4 Å². The third kappa shape index (κ3) is 2.41. The lowest BCUT2D eigenvalue weighted by molar-refractivity contribution is 0.0742. The van der Waals surface area contributed by atoms with Gasteiger partial charge in [-0.05, 0) is 31.4 Å². The van der Waals surface area contributed by atoms with Crippen molar-refractivity contribution in [1.82, 2.24) is 0 Å². The Balaban J connectivity index is 2.28. The fourth-order valence-electron chi connectivity index (χ4n) is 2.50. The molecule has 0 radical (unpaired) electrons. The van der Waals surface area contributed by atoms with Crippen molar-refractivity contribution in [3.8, 4) is 5.75 Å². The first-order valence-electron chi connectivity index (χ1n) is 6.12. The van der Waals surface area contributed by atoms with Gasteiger partial charge in [0.15, 0.2) is 11.6 Å². The van der Waals surface area contributed by atoms with Crippen molar-refractivity contribution in [1.29, 1.82) is 0 Å². The normalized spacial score (nSPS) is 27.4. The van der Waals surface area contributed by atoms with E-state index in [0.29, 0.717) is 17.7 Å². The minimum absolute atomic E-state index is 0.0206. The van der Waals surface area contributed by atoms with Crippen LogP contribution in [0, 0.1) is 11.2 Å². The summed E-state index contributed by atoms with van der Waals surface area (Å²) in [4.78, 5) is 0. The van der Waals surface area contributed by atoms with E-state index in [2.05, 4.69) is 22.9 Å². The van der Waals surface area contributed by atoms with E-state index in [1.807, 2.05) is 12.1 Å². The van der Waals surface area contributed by atoms with Crippen molar-refractivity contribution >= 4 is 15.9 Å². The quantitative estimate of drug-likeness (QED) is 0.791. The molecule has 100 valence electrons. The lowest BCUT2D eigenvalue weighted by Crippen LogP contribution is -2.33. The Labute approximate surface area is 116 Å². The van der Waals surface area contributed by atoms with Gasteiger partial charge < -0.3 is 9.47 Å². The fraction of sp³-hybridized carbons (Fsp3) is 0.571. The standard InChI is InChI=1S/C14H18BrFO2/c1-10-14(9-15,6-7-18-10)8-11-4-3-5-12(17-2)13(11)16/h3-5,10H,6-9H2,1-2H3. The molecule has 2 nitrogen and oxygen atoms in total. The lowest BCUT2D eigenvalue weighted by atomic mass is 9.78. The topological polar surface area (TPSA) is 18.5 Å². The van der Waals surface area contributed by atoms with E-state index in [4.69, 9.17) is 9.47 Å². The third-order valence-corrected chi connectivity index (χ3v) is 5.02. The highest BCUT2D eigenvalue weighted by molar-refractivity contribution is 9.09. The van der Waals surface area contributed by atoms with E-state index in [1.165, 1.54) is 7.11 Å². The number of rotatable bonds is 4. The molecular weight excluding hydrogens is 299 g/mol. The molecular formula is C14H18BrFO2. The summed E-state index contributed by atoms with van der Waals surface area (Å²) < 4.78 is 24.8. The molecule has 1 heterocycles. The van der Waals surface area contributed by atoms with Crippen molar-refractivity contribution in [3.05, 3.63) is 29.6 Å². The van der Waals surface area contributed by atoms with E-state index in [-0.39, 0.29) is 17.3 Å². The predicted molar refractivity (Wildman–Crippen MR) is 72.9 cm³/mol. The number of halogens is 2. The van der Waals surface area contributed by atoms with Crippen molar-refractivity contribution in [2.24, 2.45) is 5.41 Å². The van der Waals surface area contributed by atoms with Crippen LogP contribution in [0.15, 0.2) is 18.2 Å². The second-order valence-corrected chi connectivity index (χ2v) is 5.43. The van der Waals surface area contributed by atoms with Crippen LogP contribution in [0.1, 0.15) is 18.9 Å². The number of hydrogen-bond acceptors (Lipinski definition) is 2. The molecule has 0 aliphatic carbocycles. The summed E-state index contributed by atoms with van der Waals surface area (Å²) in [6.07, 6.45) is 1.76. The molecule has 0 spiro atoms. The van der Waals surface area contributed by atoms with Crippen LogP contribution in [0.25, 0.3) is 0 Å². The second-order valence-electron chi connectivity index (χ2n) is 4.87. The second kappa shape index (κ2) is 5.57. The molecule has 0 aromatic heterocycles. The summed E-state index contributed by atoms with van der Waals surface area (Å²) >= 11 is 3.56. The zero-order valence-electron chi connectivity index (χ0n) is 10.7. The van der Waals surface area contributed by atoms with Gasteiger partial charge in [-0.1, -0.05) is 28.1 Å². The van der Waals surface area contributed by atoms with Crippen LogP contribution >= 0.6 is 15.9 Å². The highest BCUT2D eigenvalue weighted by atomic mass is 79.9. The number of ether oxygens (including phenoxy) is 2. The van der Waals surface area contributed by atoms with Gasteiger partial charge in [-0.2, -0.15) is 0 Å². The van der Waals surface area contributed by atoms with Gasteiger partial charge in [0.05, 0.1) is 13.2 Å². The maximum Gasteiger partial charge on any atom is 0.168 e. The molecule has 18 heavy (non-hydrogen) atoms. The van der Waals surface area contributed by atoms with Crippen molar-refractivity contribution < 1.29 is 13.9 Å². The molecule has 0 amide bonds. The summed E-state index contributed by atoms with van der Waals surface area (Å²) in [5.74, 6) is 0.0585.